The van der Waals surface area contributed by atoms with E-state index in [-0.39, 0.29) is 6.42 Å². The molecule has 5 nitrogen and oxygen atoms in total. The zero-order valence-electron chi connectivity index (χ0n) is 7.09. The number of Topliss-reactive ketones (excluding diaryl/α,β-unsaturated/α-hetero) is 1. The summed E-state index contributed by atoms with van der Waals surface area (Å²) < 4.78 is 0. The third kappa shape index (κ3) is 2.08. The normalized spacial score (nSPS) is 27.3. The monoisotopic (exact) mass is 261 g/mol. The van der Waals surface area contributed by atoms with Gasteiger partial charge in [-0.15, -0.1) is 0 Å². The largest absolute Gasteiger partial charge is 0.377 e. The topological polar surface area (TPSA) is 80.4 Å². The molecular weight excluding hydrogens is 254 g/mol. The van der Waals surface area contributed by atoms with E-state index in [0.717, 1.165) is 0 Å². The predicted octanol–water partition coefficient (Wildman–Crippen LogP) is 0.800. The fraction of sp³-hybridized carbons (Fsp3) is 0.375. The summed E-state index contributed by atoms with van der Waals surface area (Å²) in [6, 6.07) is 0. The molecule has 1 rings (SSSR count). The zero-order valence-corrected chi connectivity index (χ0v) is 8.68. The van der Waals surface area contributed by atoms with E-state index in [1.54, 1.807) is 12.2 Å². The Labute approximate surface area is 88.4 Å². The SMILES string of the molecule is O=C([C@@H](Br)[N+](=O)[O-])[C@]1(O)C=CC=CC1. The second kappa shape index (κ2) is 4.02. The number of nitrogens with zero attached hydrogens (tertiary/aromatic N) is 1. The first-order valence-corrected chi connectivity index (χ1v) is 4.77. The van der Waals surface area contributed by atoms with Crippen molar-refractivity contribution in [2.45, 2.75) is 17.0 Å². The van der Waals surface area contributed by atoms with Gasteiger partial charge >= 0.3 is 4.95 Å². The molecule has 1 N–H and O–H groups in total. The molecule has 0 amide bonds. The van der Waals surface area contributed by atoms with Gasteiger partial charge in [-0.1, -0.05) is 18.2 Å². The highest BCUT2D eigenvalue weighted by molar-refractivity contribution is 9.09. The molecule has 0 bridgehead atoms. The van der Waals surface area contributed by atoms with Gasteiger partial charge in [-0.2, -0.15) is 0 Å². The molecule has 0 unspecified atom stereocenters. The summed E-state index contributed by atoms with van der Waals surface area (Å²) in [6.45, 7) is 0. The fourth-order valence-electron chi connectivity index (χ4n) is 1.09. The van der Waals surface area contributed by atoms with Crippen LogP contribution in [-0.2, 0) is 4.79 Å². The van der Waals surface area contributed by atoms with E-state index in [4.69, 9.17) is 0 Å². The predicted molar refractivity (Wildman–Crippen MR) is 52.6 cm³/mol. The average molecular weight is 262 g/mol. The van der Waals surface area contributed by atoms with Crippen molar-refractivity contribution in [3.05, 3.63) is 34.4 Å². The minimum absolute atomic E-state index is 0.0677. The van der Waals surface area contributed by atoms with Gasteiger partial charge in [-0.25, -0.2) is 0 Å². The Balaban J connectivity index is 2.83. The Morgan fingerprint density at radius 3 is 2.71 bits per heavy atom. The summed E-state index contributed by atoms with van der Waals surface area (Å²) in [5, 5.41) is 20.0. The Morgan fingerprint density at radius 1 is 1.64 bits per heavy atom. The van der Waals surface area contributed by atoms with E-state index in [1.165, 1.54) is 12.2 Å². The van der Waals surface area contributed by atoms with Crippen molar-refractivity contribution in [1.82, 2.24) is 0 Å². The third-order valence-electron chi connectivity index (χ3n) is 1.88. The highest BCUT2D eigenvalue weighted by atomic mass is 79.9. The molecule has 2 atom stereocenters. The number of aliphatic hydroxyl groups is 1. The van der Waals surface area contributed by atoms with Gasteiger partial charge in [0.25, 0.3) is 5.78 Å². The summed E-state index contributed by atoms with van der Waals surface area (Å²) in [7, 11) is 0. The van der Waals surface area contributed by atoms with Crippen molar-refractivity contribution in [1.29, 1.82) is 0 Å². The quantitative estimate of drug-likeness (QED) is 0.353. The Bertz CT molecular complexity index is 325. The second-order valence-electron chi connectivity index (χ2n) is 2.90. The number of halogens is 1. The Hall–Kier alpha value is -1.01. The van der Waals surface area contributed by atoms with E-state index in [0.29, 0.717) is 0 Å². The lowest BCUT2D eigenvalue weighted by atomic mass is 9.91. The van der Waals surface area contributed by atoms with Crippen LogP contribution >= 0.6 is 15.9 Å². The number of ketones is 1. The van der Waals surface area contributed by atoms with Gasteiger partial charge in [0.15, 0.2) is 5.60 Å². The summed E-state index contributed by atoms with van der Waals surface area (Å²) in [4.78, 5) is 19.4. The zero-order chi connectivity index (χ0) is 10.8. The maximum atomic E-state index is 11.4. The van der Waals surface area contributed by atoms with Crippen LogP contribution in [0, 0.1) is 10.1 Å². The first kappa shape index (κ1) is 11.1. The number of carbonyl (C=O) groups is 1. The van der Waals surface area contributed by atoms with Crippen LogP contribution in [0.25, 0.3) is 0 Å². The molecule has 76 valence electrons. The maximum absolute atomic E-state index is 11.4. The first-order valence-electron chi connectivity index (χ1n) is 3.86. The molecule has 0 fully saturated rings. The number of carbonyl (C=O) groups excluding carboxylic acids is 1. The molecule has 1 aliphatic rings. The number of allylic oxidation sites excluding steroid dienone is 2. The van der Waals surface area contributed by atoms with Crippen LogP contribution in [0.2, 0.25) is 0 Å². The molecule has 14 heavy (non-hydrogen) atoms. The molecule has 6 heteroatoms. The fourth-order valence-corrected chi connectivity index (χ4v) is 1.49. The summed E-state index contributed by atoms with van der Waals surface area (Å²) in [5.41, 5.74) is -1.75. The van der Waals surface area contributed by atoms with Crippen LogP contribution in [-0.4, -0.2) is 26.4 Å². The number of hydrogen-bond donors (Lipinski definition) is 1. The van der Waals surface area contributed by atoms with E-state index in [1.807, 2.05) is 0 Å². The van der Waals surface area contributed by atoms with Crippen molar-refractivity contribution in [3.8, 4) is 0 Å². The van der Waals surface area contributed by atoms with Crippen LogP contribution in [0.4, 0.5) is 0 Å². The van der Waals surface area contributed by atoms with E-state index < -0.39 is 21.3 Å². The van der Waals surface area contributed by atoms with Gasteiger partial charge < -0.3 is 5.11 Å². The Kier molecular flexibility index (Phi) is 3.17. The molecule has 0 aromatic rings. The standard InChI is InChI=1S/C8H8BrNO4/c9-7(10(13)14)6(11)8(12)4-2-1-3-5-8/h1-4,7,12H,5H2/t7-,8-/m0/s1. The van der Waals surface area contributed by atoms with Crippen LogP contribution in [0.15, 0.2) is 24.3 Å². The van der Waals surface area contributed by atoms with E-state index in [9.17, 15) is 20.0 Å². The molecule has 0 radical (unpaired) electrons. The van der Waals surface area contributed by atoms with E-state index in [2.05, 4.69) is 15.9 Å². The molecule has 0 aromatic heterocycles. The lowest BCUT2D eigenvalue weighted by molar-refractivity contribution is -0.480. The van der Waals surface area contributed by atoms with Crippen molar-refractivity contribution in [2.24, 2.45) is 0 Å². The first-order chi connectivity index (χ1) is 6.47. The minimum atomic E-state index is -1.75. The third-order valence-corrected chi connectivity index (χ3v) is 2.63. The lowest BCUT2D eigenvalue weighted by Gasteiger charge is -2.22. The number of alkyl halides is 1. The average Bonchev–Trinajstić information content (AvgIpc) is 2.16. The van der Waals surface area contributed by atoms with E-state index >= 15 is 0 Å². The highest BCUT2D eigenvalue weighted by Gasteiger charge is 2.42. The van der Waals surface area contributed by atoms with Crippen LogP contribution < -0.4 is 0 Å². The number of rotatable bonds is 3. The van der Waals surface area contributed by atoms with Crippen molar-refractivity contribution < 1.29 is 14.8 Å². The van der Waals surface area contributed by atoms with Gasteiger partial charge in [0.2, 0.25) is 0 Å². The molecule has 1 aliphatic carbocycles. The van der Waals surface area contributed by atoms with Gasteiger partial charge in [0, 0.05) is 27.3 Å². The smallest absolute Gasteiger partial charge is 0.326 e. The second-order valence-corrected chi connectivity index (χ2v) is 3.77. The molecule has 0 spiro atoms. The van der Waals surface area contributed by atoms with Crippen molar-refractivity contribution in [3.63, 3.8) is 0 Å². The Morgan fingerprint density at radius 2 is 2.29 bits per heavy atom. The number of nitro groups is 1. The molecule has 0 heterocycles. The van der Waals surface area contributed by atoms with Gasteiger partial charge in [0.05, 0.1) is 0 Å². The summed E-state index contributed by atoms with van der Waals surface area (Å²) >= 11 is 2.61. The number of hydrogen-bond acceptors (Lipinski definition) is 4. The van der Waals surface area contributed by atoms with Gasteiger partial charge in [-0.3, -0.25) is 14.9 Å². The lowest BCUT2D eigenvalue weighted by Crippen LogP contribution is -2.44. The minimum Gasteiger partial charge on any atom is -0.377 e. The molecule has 0 saturated heterocycles. The summed E-state index contributed by atoms with van der Waals surface area (Å²) in [5.74, 6) is -0.858. The van der Waals surface area contributed by atoms with Crippen LogP contribution in [0.5, 0.6) is 0 Å². The van der Waals surface area contributed by atoms with Gasteiger partial charge in [0.1, 0.15) is 0 Å². The summed E-state index contributed by atoms with van der Waals surface area (Å²) in [6.07, 6.45) is 6.06. The van der Waals surface area contributed by atoms with Crippen LogP contribution in [0.1, 0.15) is 6.42 Å². The maximum Gasteiger partial charge on any atom is 0.326 e. The highest BCUT2D eigenvalue weighted by Crippen LogP contribution is 2.22. The molecule has 0 aliphatic heterocycles. The van der Waals surface area contributed by atoms with Crippen molar-refractivity contribution in [2.75, 3.05) is 0 Å². The molecule has 0 aromatic carbocycles. The van der Waals surface area contributed by atoms with Gasteiger partial charge in [-0.05, 0) is 6.08 Å². The van der Waals surface area contributed by atoms with Crippen LogP contribution in [0.3, 0.4) is 0 Å². The molecular formula is C8H8BrNO4. The molecule has 0 saturated carbocycles. The van der Waals surface area contributed by atoms with Crippen molar-refractivity contribution >= 4 is 21.7 Å².